The van der Waals surface area contributed by atoms with Crippen LogP contribution in [0.5, 0.6) is 5.75 Å². The molecule has 34 heavy (non-hydrogen) atoms. The number of ether oxygens (including phenoxy) is 1. The topological polar surface area (TPSA) is 80.8 Å². The molecular weight excluding hydrogens is 451 g/mol. The van der Waals surface area contributed by atoms with Gasteiger partial charge in [-0.15, -0.1) is 5.10 Å². The van der Waals surface area contributed by atoms with E-state index in [9.17, 15) is 18.0 Å². The van der Waals surface area contributed by atoms with Gasteiger partial charge in [0.1, 0.15) is 5.75 Å². The minimum Gasteiger partial charge on any atom is -0.494 e. The summed E-state index contributed by atoms with van der Waals surface area (Å²) in [5, 5.41) is 5.67. The van der Waals surface area contributed by atoms with E-state index in [-0.39, 0.29) is 11.9 Å². The van der Waals surface area contributed by atoms with Gasteiger partial charge in [-0.05, 0) is 30.7 Å². The van der Waals surface area contributed by atoms with Crippen molar-refractivity contribution in [2.75, 3.05) is 75.3 Å². The highest BCUT2D eigenvalue weighted by molar-refractivity contribution is 5.73. The quantitative estimate of drug-likeness (QED) is 0.607. The number of aromatic amines is 1. The summed E-state index contributed by atoms with van der Waals surface area (Å²) in [6.07, 6.45) is -3.61. The number of alkyl halides is 3. The zero-order chi connectivity index (χ0) is 24.1. The van der Waals surface area contributed by atoms with E-state index in [0.29, 0.717) is 32.8 Å². The zero-order valence-electron chi connectivity index (χ0n) is 19.2. The second-order valence-corrected chi connectivity index (χ2v) is 8.50. The minimum absolute atomic E-state index is 0.0801. The fraction of sp³-hybridized carbons (Fsp3) is 0.591. The van der Waals surface area contributed by atoms with Crippen molar-refractivity contribution in [3.63, 3.8) is 0 Å². The molecule has 0 unspecified atom stereocenters. The number of anilines is 2. The van der Waals surface area contributed by atoms with E-state index in [2.05, 4.69) is 19.9 Å². The van der Waals surface area contributed by atoms with Gasteiger partial charge in [0.2, 0.25) is 17.7 Å². The first-order valence-corrected chi connectivity index (χ1v) is 11.5. The summed E-state index contributed by atoms with van der Waals surface area (Å²) in [7, 11) is 0. The predicted octanol–water partition coefficient (Wildman–Crippen LogP) is 2.08. The van der Waals surface area contributed by atoms with Gasteiger partial charge in [0.05, 0.1) is 6.61 Å². The third kappa shape index (κ3) is 6.10. The molecule has 2 aliphatic heterocycles. The number of piperazine rings is 2. The van der Waals surface area contributed by atoms with Crippen molar-refractivity contribution in [3.05, 3.63) is 30.1 Å². The van der Waals surface area contributed by atoms with Crippen LogP contribution >= 0.6 is 0 Å². The van der Waals surface area contributed by atoms with E-state index in [1.807, 2.05) is 34.3 Å². The first-order valence-electron chi connectivity index (χ1n) is 11.5. The number of halogens is 3. The highest BCUT2D eigenvalue weighted by Crippen LogP contribution is 2.27. The molecule has 0 atom stereocenters. The Morgan fingerprint density at radius 2 is 1.65 bits per heavy atom. The van der Waals surface area contributed by atoms with Crippen molar-refractivity contribution in [3.8, 4) is 5.75 Å². The van der Waals surface area contributed by atoms with Crippen LogP contribution in [0, 0.1) is 0 Å². The maximum atomic E-state index is 12.7. The Morgan fingerprint density at radius 1 is 1.00 bits per heavy atom. The molecule has 2 saturated heterocycles. The fourth-order valence-electron chi connectivity index (χ4n) is 4.20. The van der Waals surface area contributed by atoms with E-state index < -0.39 is 12.0 Å². The molecule has 3 heterocycles. The number of nitrogens with one attached hydrogen (secondary N) is 1. The highest BCUT2D eigenvalue weighted by atomic mass is 19.4. The Balaban J connectivity index is 1.17. The van der Waals surface area contributed by atoms with E-state index in [1.165, 1.54) is 0 Å². The number of nitrogens with zero attached hydrogens (tertiary/aromatic N) is 6. The van der Waals surface area contributed by atoms with Crippen molar-refractivity contribution in [1.29, 1.82) is 0 Å². The minimum atomic E-state index is -4.53. The summed E-state index contributed by atoms with van der Waals surface area (Å²) >= 11 is 0. The van der Waals surface area contributed by atoms with Crippen LogP contribution in [0.1, 0.15) is 19.2 Å². The lowest BCUT2D eigenvalue weighted by Crippen LogP contribution is -2.48. The van der Waals surface area contributed by atoms with Crippen molar-refractivity contribution >= 4 is 17.5 Å². The first-order chi connectivity index (χ1) is 16.3. The number of amides is 1. The molecule has 2 aromatic rings. The van der Waals surface area contributed by atoms with E-state index >= 15 is 0 Å². The monoisotopic (exact) mass is 481 g/mol. The van der Waals surface area contributed by atoms with E-state index in [0.717, 1.165) is 50.6 Å². The van der Waals surface area contributed by atoms with Gasteiger partial charge in [-0.2, -0.15) is 18.2 Å². The molecule has 12 heteroatoms. The number of carbonyl (C=O) groups is 1. The summed E-state index contributed by atoms with van der Waals surface area (Å²) in [4.78, 5) is 23.1. The second kappa shape index (κ2) is 10.5. The maximum Gasteiger partial charge on any atom is 0.451 e. The van der Waals surface area contributed by atoms with Crippen LogP contribution < -0.4 is 14.5 Å². The SMILES string of the molecule is CC(=O)N1CCN(CCCOc2ccc(N3CCN(c4n[nH]c(C(F)(F)F)n4)CC3)cc2)CC1. The molecule has 4 rings (SSSR count). The lowest BCUT2D eigenvalue weighted by atomic mass is 10.2. The summed E-state index contributed by atoms with van der Waals surface area (Å²) in [6, 6.07) is 7.89. The average Bonchev–Trinajstić information content (AvgIpc) is 3.34. The number of hydrogen-bond donors (Lipinski definition) is 1. The molecule has 1 aromatic carbocycles. The van der Waals surface area contributed by atoms with E-state index in [4.69, 9.17) is 4.74 Å². The number of H-pyrrole nitrogens is 1. The number of benzene rings is 1. The second-order valence-electron chi connectivity index (χ2n) is 8.50. The lowest BCUT2D eigenvalue weighted by Gasteiger charge is -2.35. The first kappa shape index (κ1) is 24.1. The van der Waals surface area contributed by atoms with E-state index in [1.54, 1.807) is 11.8 Å². The third-order valence-electron chi connectivity index (χ3n) is 6.21. The largest absolute Gasteiger partial charge is 0.494 e. The molecule has 2 fully saturated rings. The standard InChI is InChI=1S/C22H30F3N7O2/c1-17(33)30-10-8-29(9-11-30)7-2-16-34-19-5-3-18(4-6-19)31-12-14-32(15-13-31)21-26-20(27-28-21)22(23,24)25/h3-6H,2,7-16H2,1H3,(H,26,27,28). The Hall–Kier alpha value is -3.02. The van der Waals surface area contributed by atoms with Crippen LogP contribution in [0.4, 0.5) is 24.8 Å². The normalized spacial score (nSPS) is 17.8. The van der Waals surface area contributed by atoms with Crippen LogP contribution in [0.25, 0.3) is 0 Å². The molecule has 0 aliphatic carbocycles. The number of hydrogen-bond acceptors (Lipinski definition) is 7. The molecule has 2 aliphatic rings. The van der Waals surface area contributed by atoms with Gasteiger partial charge in [-0.1, -0.05) is 0 Å². The number of aromatic nitrogens is 3. The van der Waals surface area contributed by atoms with Crippen LogP contribution in [-0.4, -0.2) is 96.4 Å². The Kier molecular flexibility index (Phi) is 7.44. The van der Waals surface area contributed by atoms with Crippen molar-refractivity contribution in [1.82, 2.24) is 25.0 Å². The summed E-state index contributed by atoms with van der Waals surface area (Å²) in [5.41, 5.74) is 1.04. The number of carbonyl (C=O) groups excluding carboxylic acids is 1. The molecular formula is C22H30F3N7O2. The van der Waals surface area contributed by atoms with Crippen LogP contribution in [-0.2, 0) is 11.0 Å². The van der Waals surface area contributed by atoms with Gasteiger partial charge in [-0.3, -0.25) is 14.8 Å². The summed E-state index contributed by atoms with van der Waals surface area (Å²) in [5.74, 6) is -0.0424. The summed E-state index contributed by atoms with van der Waals surface area (Å²) in [6.45, 7) is 8.97. The van der Waals surface area contributed by atoms with Crippen LogP contribution in [0.3, 0.4) is 0 Å². The van der Waals surface area contributed by atoms with Crippen LogP contribution in [0.2, 0.25) is 0 Å². The fourth-order valence-corrected chi connectivity index (χ4v) is 4.20. The van der Waals surface area contributed by atoms with Crippen molar-refractivity contribution in [2.45, 2.75) is 19.5 Å². The smallest absolute Gasteiger partial charge is 0.451 e. The Labute approximate surface area is 196 Å². The molecule has 1 amide bonds. The van der Waals surface area contributed by atoms with Gasteiger partial charge in [-0.25, -0.2) is 0 Å². The van der Waals surface area contributed by atoms with Gasteiger partial charge in [0.25, 0.3) is 0 Å². The van der Waals surface area contributed by atoms with Crippen LogP contribution in [0.15, 0.2) is 24.3 Å². The molecule has 0 radical (unpaired) electrons. The lowest BCUT2D eigenvalue weighted by molar-refractivity contribution is -0.144. The van der Waals surface area contributed by atoms with Gasteiger partial charge in [0, 0.05) is 71.5 Å². The van der Waals surface area contributed by atoms with Crippen molar-refractivity contribution in [2.24, 2.45) is 0 Å². The summed E-state index contributed by atoms with van der Waals surface area (Å²) < 4.78 is 44.0. The van der Waals surface area contributed by atoms with Gasteiger partial charge < -0.3 is 19.4 Å². The Bertz CT molecular complexity index is 935. The molecule has 0 saturated carbocycles. The number of rotatable bonds is 7. The van der Waals surface area contributed by atoms with Gasteiger partial charge >= 0.3 is 6.18 Å². The third-order valence-corrected chi connectivity index (χ3v) is 6.21. The molecule has 1 N–H and O–H groups in total. The molecule has 9 nitrogen and oxygen atoms in total. The van der Waals surface area contributed by atoms with Crippen molar-refractivity contribution < 1.29 is 22.7 Å². The zero-order valence-corrected chi connectivity index (χ0v) is 19.2. The molecule has 0 spiro atoms. The highest BCUT2D eigenvalue weighted by Gasteiger charge is 2.36. The molecule has 0 bridgehead atoms. The average molecular weight is 482 g/mol. The molecule has 1 aromatic heterocycles. The van der Waals surface area contributed by atoms with Gasteiger partial charge in [0.15, 0.2) is 0 Å². The molecule has 186 valence electrons. The maximum absolute atomic E-state index is 12.7. The predicted molar refractivity (Wildman–Crippen MR) is 121 cm³/mol. The Morgan fingerprint density at radius 3 is 2.24 bits per heavy atom.